The van der Waals surface area contributed by atoms with Crippen LogP contribution in [-0.2, 0) is 9.53 Å². The topological polar surface area (TPSA) is 32.8 Å². The Labute approximate surface area is 226 Å². The average molecular weight is 519 g/mol. The SMILES string of the molecule is CC1=C2C[C@@H]3C(CN4CCN(C(c5ccccc5)c5ccc(Cl)cc5)CC4)C(=O)O[C@@H]3C[C@@]2(C)CCC1. The maximum absolute atomic E-state index is 13.1. The van der Waals surface area contributed by atoms with E-state index < -0.39 is 0 Å². The molecule has 5 heteroatoms. The molecule has 0 bridgehead atoms. The average Bonchev–Trinajstić information content (AvgIpc) is 3.19. The molecular weight excluding hydrogens is 480 g/mol. The van der Waals surface area contributed by atoms with Crippen molar-refractivity contribution in [2.24, 2.45) is 17.3 Å². The third kappa shape index (κ3) is 4.89. The number of halogens is 1. The quantitative estimate of drug-likeness (QED) is 0.334. The largest absolute Gasteiger partial charge is 0.462 e. The fourth-order valence-electron chi connectivity index (χ4n) is 7.70. The number of rotatable bonds is 5. The number of nitrogens with zero attached hydrogens (tertiary/aromatic N) is 2. The Morgan fingerprint density at radius 1 is 1.03 bits per heavy atom. The molecule has 2 unspecified atom stereocenters. The van der Waals surface area contributed by atoms with Crippen LogP contribution in [0.25, 0.3) is 0 Å². The first-order valence-electron chi connectivity index (χ1n) is 14.1. The number of carbonyl (C=O) groups is 1. The van der Waals surface area contributed by atoms with Gasteiger partial charge in [-0.3, -0.25) is 14.6 Å². The zero-order valence-electron chi connectivity index (χ0n) is 22.2. The molecule has 2 heterocycles. The van der Waals surface area contributed by atoms with Gasteiger partial charge in [-0.15, -0.1) is 0 Å². The van der Waals surface area contributed by atoms with Gasteiger partial charge in [0.1, 0.15) is 6.10 Å². The first kappa shape index (κ1) is 25.2. The van der Waals surface area contributed by atoms with Gasteiger partial charge in [0.05, 0.1) is 12.0 Å². The summed E-state index contributed by atoms with van der Waals surface area (Å²) in [5, 5.41) is 0.768. The molecule has 2 aromatic carbocycles. The van der Waals surface area contributed by atoms with Gasteiger partial charge in [0, 0.05) is 43.7 Å². The highest BCUT2D eigenvalue weighted by Crippen LogP contribution is 2.55. The molecule has 2 aliphatic carbocycles. The molecule has 0 amide bonds. The van der Waals surface area contributed by atoms with Gasteiger partial charge in [0.25, 0.3) is 0 Å². The maximum Gasteiger partial charge on any atom is 0.310 e. The normalized spacial score (nSPS) is 31.5. The van der Waals surface area contributed by atoms with E-state index in [0.29, 0.717) is 5.92 Å². The van der Waals surface area contributed by atoms with Crippen LogP contribution < -0.4 is 0 Å². The standard InChI is InChI=1S/C32H39ClN2O2/c1-22-7-6-14-32(2)20-29-26(19-28(22)32)27(31(36)37-29)21-34-15-17-35(18-16-34)30(23-8-4-3-5-9-23)24-10-12-25(33)13-11-24/h3-5,8-13,26-27,29-30H,6-7,14-21H2,1-2H3/t26-,27?,29-,30?,32-/m1/s1. The number of ether oxygens (including phenoxy) is 1. The van der Waals surface area contributed by atoms with Crippen molar-refractivity contribution in [3.63, 3.8) is 0 Å². The summed E-state index contributed by atoms with van der Waals surface area (Å²) >= 11 is 6.20. The van der Waals surface area contributed by atoms with E-state index in [1.807, 2.05) is 12.1 Å². The van der Waals surface area contributed by atoms with Crippen molar-refractivity contribution in [3.8, 4) is 0 Å². The number of allylic oxidation sites excluding steroid dienone is 2. The van der Waals surface area contributed by atoms with Crippen LogP contribution >= 0.6 is 11.6 Å². The number of hydrogen-bond acceptors (Lipinski definition) is 4. The zero-order chi connectivity index (χ0) is 25.6. The lowest BCUT2D eigenvalue weighted by Crippen LogP contribution is -2.50. The number of fused-ring (bicyclic) bond motifs is 2. The first-order chi connectivity index (χ1) is 17.9. The number of piperazine rings is 1. The van der Waals surface area contributed by atoms with E-state index >= 15 is 0 Å². The van der Waals surface area contributed by atoms with Gasteiger partial charge in [-0.25, -0.2) is 0 Å². The Kier molecular flexibility index (Phi) is 6.94. The predicted molar refractivity (Wildman–Crippen MR) is 149 cm³/mol. The molecule has 37 heavy (non-hydrogen) atoms. The Hall–Kier alpha value is -2.14. The molecular formula is C32H39ClN2O2. The predicted octanol–water partition coefficient (Wildman–Crippen LogP) is 6.51. The lowest BCUT2D eigenvalue weighted by molar-refractivity contribution is -0.145. The van der Waals surface area contributed by atoms with Gasteiger partial charge in [-0.1, -0.05) is 72.1 Å². The van der Waals surface area contributed by atoms with Crippen LogP contribution in [0.1, 0.15) is 63.1 Å². The van der Waals surface area contributed by atoms with Gasteiger partial charge in [-0.2, -0.15) is 0 Å². The first-order valence-corrected chi connectivity index (χ1v) is 14.5. The number of carbonyl (C=O) groups excluding carboxylic acids is 1. The summed E-state index contributed by atoms with van der Waals surface area (Å²) in [6.07, 6.45) is 5.90. The highest BCUT2D eigenvalue weighted by molar-refractivity contribution is 6.30. The summed E-state index contributed by atoms with van der Waals surface area (Å²) < 4.78 is 6.04. The molecule has 0 N–H and O–H groups in total. The second kappa shape index (κ2) is 10.2. The van der Waals surface area contributed by atoms with Crippen LogP contribution in [0.4, 0.5) is 0 Å². The molecule has 6 rings (SSSR count). The number of benzene rings is 2. The van der Waals surface area contributed by atoms with E-state index in [2.05, 4.69) is 66.1 Å². The van der Waals surface area contributed by atoms with Gasteiger partial charge in [0.15, 0.2) is 0 Å². The Balaban J connectivity index is 1.14. The Bertz CT molecular complexity index is 1160. The van der Waals surface area contributed by atoms with E-state index in [1.54, 1.807) is 11.1 Å². The zero-order valence-corrected chi connectivity index (χ0v) is 22.9. The lowest BCUT2D eigenvalue weighted by Gasteiger charge is -2.46. The molecule has 0 radical (unpaired) electrons. The van der Waals surface area contributed by atoms with Gasteiger partial charge < -0.3 is 4.74 Å². The second-order valence-electron chi connectivity index (χ2n) is 12.0. The van der Waals surface area contributed by atoms with Gasteiger partial charge >= 0.3 is 5.97 Å². The third-order valence-electron chi connectivity index (χ3n) is 9.71. The summed E-state index contributed by atoms with van der Waals surface area (Å²) in [5.74, 6) is 0.388. The smallest absolute Gasteiger partial charge is 0.310 e. The van der Waals surface area contributed by atoms with E-state index in [-0.39, 0.29) is 29.4 Å². The summed E-state index contributed by atoms with van der Waals surface area (Å²) in [4.78, 5) is 18.2. The van der Waals surface area contributed by atoms with Crippen LogP contribution in [0.2, 0.25) is 5.02 Å². The van der Waals surface area contributed by atoms with Gasteiger partial charge in [0.2, 0.25) is 0 Å². The van der Waals surface area contributed by atoms with Crippen LogP contribution in [0.15, 0.2) is 65.7 Å². The minimum Gasteiger partial charge on any atom is -0.462 e. The van der Waals surface area contributed by atoms with E-state index in [4.69, 9.17) is 16.3 Å². The highest BCUT2D eigenvalue weighted by atomic mass is 35.5. The molecule has 2 aliphatic heterocycles. The Morgan fingerprint density at radius 3 is 2.46 bits per heavy atom. The lowest BCUT2D eigenvalue weighted by atomic mass is 9.59. The molecule has 196 valence electrons. The molecule has 0 aromatic heterocycles. The summed E-state index contributed by atoms with van der Waals surface area (Å²) in [5.41, 5.74) is 6.03. The summed E-state index contributed by atoms with van der Waals surface area (Å²) in [7, 11) is 0. The number of esters is 1. The fraction of sp³-hybridized carbons (Fsp3) is 0.531. The molecule has 5 atom stereocenters. The van der Waals surface area contributed by atoms with Crippen LogP contribution in [0, 0.1) is 17.3 Å². The van der Waals surface area contributed by atoms with Crippen molar-refractivity contribution >= 4 is 17.6 Å². The van der Waals surface area contributed by atoms with Crippen LogP contribution in [-0.4, -0.2) is 54.6 Å². The third-order valence-corrected chi connectivity index (χ3v) is 9.96. The molecule has 1 saturated carbocycles. The fourth-order valence-corrected chi connectivity index (χ4v) is 7.82. The monoisotopic (exact) mass is 518 g/mol. The van der Waals surface area contributed by atoms with E-state index in [1.165, 1.54) is 30.4 Å². The van der Waals surface area contributed by atoms with Crippen molar-refractivity contribution in [2.45, 2.75) is 58.1 Å². The second-order valence-corrected chi connectivity index (χ2v) is 12.5. The van der Waals surface area contributed by atoms with Crippen molar-refractivity contribution in [3.05, 3.63) is 81.9 Å². The van der Waals surface area contributed by atoms with Crippen LogP contribution in [0.3, 0.4) is 0 Å². The van der Waals surface area contributed by atoms with Crippen molar-refractivity contribution in [1.29, 1.82) is 0 Å². The minimum absolute atomic E-state index is 0.00418. The van der Waals surface area contributed by atoms with Crippen molar-refractivity contribution in [2.75, 3.05) is 32.7 Å². The Morgan fingerprint density at radius 2 is 1.73 bits per heavy atom. The van der Waals surface area contributed by atoms with Crippen LogP contribution in [0.5, 0.6) is 0 Å². The van der Waals surface area contributed by atoms with Crippen molar-refractivity contribution < 1.29 is 9.53 Å². The maximum atomic E-state index is 13.1. The summed E-state index contributed by atoms with van der Waals surface area (Å²) in [6.45, 7) is 9.44. The highest BCUT2D eigenvalue weighted by Gasteiger charge is 2.53. The molecule has 4 nitrogen and oxygen atoms in total. The van der Waals surface area contributed by atoms with Crippen molar-refractivity contribution in [1.82, 2.24) is 9.80 Å². The minimum atomic E-state index is 0.00418. The number of hydrogen-bond donors (Lipinski definition) is 0. The van der Waals surface area contributed by atoms with E-state index in [9.17, 15) is 4.79 Å². The molecule has 2 aromatic rings. The molecule has 0 spiro atoms. The molecule has 2 saturated heterocycles. The van der Waals surface area contributed by atoms with Gasteiger partial charge in [-0.05, 0) is 67.7 Å². The molecule has 3 fully saturated rings. The molecule has 4 aliphatic rings. The summed E-state index contributed by atoms with van der Waals surface area (Å²) in [6, 6.07) is 19.3. The van der Waals surface area contributed by atoms with E-state index in [0.717, 1.165) is 50.6 Å².